The van der Waals surface area contributed by atoms with Gasteiger partial charge in [-0.15, -0.1) is 0 Å². The summed E-state index contributed by atoms with van der Waals surface area (Å²) in [5, 5.41) is 16.2. The number of rotatable bonds is 4. The highest BCUT2D eigenvalue weighted by atomic mass is 32.1. The first-order chi connectivity index (χ1) is 13.7. The molecule has 1 N–H and O–H groups in total. The Hall–Kier alpha value is -3.14. The molecule has 2 aromatic rings. The molecule has 0 aliphatic carbocycles. The minimum atomic E-state index is -0.499. The Bertz CT molecular complexity index is 1130. The zero-order valence-electron chi connectivity index (χ0n) is 16.8. The normalized spacial score (nSPS) is 16.0. The minimum Gasteiger partial charge on any atom is -0.497 e. The molecule has 0 unspecified atom stereocenters. The Morgan fingerprint density at radius 2 is 1.93 bits per heavy atom. The predicted octanol–water partition coefficient (Wildman–Crippen LogP) is 1.87. The van der Waals surface area contributed by atoms with Crippen LogP contribution in [0.3, 0.4) is 0 Å². The van der Waals surface area contributed by atoms with Crippen LogP contribution in [0.5, 0.6) is 17.4 Å². The standard InChI is InChI=1S/C19H22N4O5S/c1-10(24)23-14(12-7-6-11(27-4)8-15(12)28-5)9-13(20-23)16-17(25)21(2)19(29)22(3)18(16)26/h6-8,14,25H,9H2,1-5H3/t14-/m1/s1. The van der Waals surface area contributed by atoms with E-state index in [4.69, 9.17) is 21.7 Å². The molecule has 1 aliphatic heterocycles. The van der Waals surface area contributed by atoms with Gasteiger partial charge in [0.25, 0.3) is 5.56 Å². The van der Waals surface area contributed by atoms with Crippen molar-refractivity contribution in [1.29, 1.82) is 0 Å². The van der Waals surface area contributed by atoms with Crippen LogP contribution in [0.15, 0.2) is 28.1 Å². The molecule has 9 nitrogen and oxygen atoms in total. The van der Waals surface area contributed by atoms with Crippen LogP contribution in [0.25, 0.3) is 0 Å². The smallest absolute Gasteiger partial charge is 0.267 e. The second-order valence-electron chi connectivity index (χ2n) is 6.64. The van der Waals surface area contributed by atoms with Crippen LogP contribution >= 0.6 is 12.2 Å². The molecule has 1 amide bonds. The molecule has 0 bridgehead atoms. The van der Waals surface area contributed by atoms with Crippen LogP contribution in [-0.4, -0.2) is 45.1 Å². The van der Waals surface area contributed by atoms with Crippen molar-refractivity contribution in [3.8, 4) is 17.4 Å². The maximum Gasteiger partial charge on any atom is 0.267 e. The quantitative estimate of drug-likeness (QED) is 0.762. The van der Waals surface area contributed by atoms with Crippen LogP contribution in [-0.2, 0) is 18.9 Å². The van der Waals surface area contributed by atoms with E-state index < -0.39 is 11.6 Å². The zero-order valence-corrected chi connectivity index (χ0v) is 17.6. The molecule has 1 atom stereocenters. The first-order valence-corrected chi connectivity index (χ1v) is 9.20. The molecule has 29 heavy (non-hydrogen) atoms. The Labute approximate surface area is 172 Å². The summed E-state index contributed by atoms with van der Waals surface area (Å²) in [4.78, 5) is 25.0. The van der Waals surface area contributed by atoms with Gasteiger partial charge in [0.15, 0.2) is 4.77 Å². The number of benzene rings is 1. The summed E-state index contributed by atoms with van der Waals surface area (Å²) in [7, 11) is 6.16. The Morgan fingerprint density at radius 3 is 2.52 bits per heavy atom. The summed E-state index contributed by atoms with van der Waals surface area (Å²) in [6.45, 7) is 1.39. The number of ether oxygens (including phenoxy) is 2. The lowest BCUT2D eigenvalue weighted by molar-refractivity contribution is -0.130. The van der Waals surface area contributed by atoms with E-state index >= 15 is 0 Å². The van der Waals surface area contributed by atoms with Gasteiger partial charge in [-0.25, -0.2) is 5.01 Å². The van der Waals surface area contributed by atoms with Crippen molar-refractivity contribution in [1.82, 2.24) is 14.1 Å². The number of carbonyl (C=O) groups excluding carboxylic acids is 1. The number of aromatic nitrogens is 2. The van der Waals surface area contributed by atoms with Crippen LogP contribution in [0, 0.1) is 4.77 Å². The van der Waals surface area contributed by atoms with Crippen LogP contribution < -0.4 is 15.0 Å². The van der Waals surface area contributed by atoms with E-state index in [0.29, 0.717) is 22.8 Å². The van der Waals surface area contributed by atoms with Gasteiger partial charge in [-0.1, -0.05) is 0 Å². The number of hydrogen-bond acceptors (Lipinski definition) is 7. The second-order valence-corrected chi connectivity index (χ2v) is 7.01. The first kappa shape index (κ1) is 20.6. The van der Waals surface area contributed by atoms with Gasteiger partial charge in [0.2, 0.25) is 11.8 Å². The number of hydrazone groups is 1. The van der Waals surface area contributed by atoms with E-state index in [1.807, 2.05) is 0 Å². The van der Waals surface area contributed by atoms with Crippen LogP contribution in [0.1, 0.15) is 30.5 Å². The summed E-state index contributed by atoms with van der Waals surface area (Å²) >= 11 is 5.16. The number of carbonyl (C=O) groups is 1. The fourth-order valence-electron chi connectivity index (χ4n) is 3.37. The number of nitrogens with zero attached hydrogens (tertiary/aromatic N) is 4. The number of methoxy groups -OCH3 is 2. The number of hydrogen-bond donors (Lipinski definition) is 1. The summed E-state index contributed by atoms with van der Waals surface area (Å²) in [6.07, 6.45) is 0.224. The van der Waals surface area contributed by atoms with E-state index in [2.05, 4.69) is 5.10 Å². The second kappa shape index (κ2) is 7.70. The fraction of sp³-hybridized carbons (Fsp3) is 0.368. The van der Waals surface area contributed by atoms with Gasteiger partial charge in [0.05, 0.1) is 26.0 Å². The van der Waals surface area contributed by atoms with E-state index in [9.17, 15) is 14.7 Å². The van der Waals surface area contributed by atoms with Crippen molar-refractivity contribution in [3.05, 3.63) is 44.5 Å². The molecule has 1 aliphatic rings. The van der Waals surface area contributed by atoms with Gasteiger partial charge < -0.3 is 14.6 Å². The molecule has 0 saturated heterocycles. The molecule has 0 radical (unpaired) electrons. The molecule has 0 spiro atoms. The van der Waals surface area contributed by atoms with E-state index in [-0.39, 0.29) is 28.5 Å². The largest absolute Gasteiger partial charge is 0.497 e. The molecular weight excluding hydrogens is 396 g/mol. The highest BCUT2D eigenvalue weighted by molar-refractivity contribution is 7.71. The molecule has 1 aromatic heterocycles. The third-order valence-electron chi connectivity index (χ3n) is 4.95. The Balaban J connectivity index is 2.14. The maximum atomic E-state index is 12.8. The van der Waals surface area contributed by atoms with Crippen LogP contribution in [0.4, 0.5) is 0 Å². The molecule has 154 valence electrons. The molecular formula is C19H22N4O5S. The lowest BCUT2D eigenvalue weighted by atomic mass is 9.98. The molecule has 3 rings (SSSR count). The van der Waals surface area contributed by atoms with Gasteiger partial charge in [-0.2, -0.15) is 5.10 Å². The van der Waals surface area contributed by atoms with E-state index in [1.54, 1.807) is 32.4 Å². The molecule has 0 fully saturated rings. The Kier molecular flexibility index (Phi) is 5.47. The van der Waals surface area contributed by atoms with E-state index in [0.717, 1.165) is 0 Å². The van der Waals surface area contributed by atoms with Crippen molar-refractivity contribution < 1.29 is 19.4 Å². The SMILES string of the molecule is COc1ccc([C@H]2CC(c3c(O)n(C)c(=S)n(C)c3=O)=NN2C(C)=O)c(OC)c1. The van der Waals surface area contributed by atoms with Gasteiger partial charge in [0.1, 0.15) is 17.1 Å². The summed E-state index contributed by atoms with van der Waals surface area (Å²) in [5.74, 6) is 0.547. The fourth-order valence-corrected chi connectivity index (χ4v) is 3.54. The van der Waals surface area contributed by atoms with Crippen molar-refractivity contribution in [3.63, 3.8) is 0 Å². The number of aromatic hydroxyl groups is 1. The zero-order chi connectivity index (χ0) is 21.5. The van der Waals surface area contributed by atoms with Gasteiger partial charge in [0, 0.05) is 39.1 Å². The summed E-state index contributed by atoms with van der Waals surface area (Å²) in [5.41, 5.74) is 0.551. The average molecular weight is 418 g/mol. The van der Waals surface area contributed by atoms with Gasteiger partial charge in [-0.3, -0.25) is 18.7 Å². The minimum absolute atomic E-state index is 0.0184. The Morgan fingerprint density at radius 1 is 1.24 bits per heavy atom. The molecule has 2 heterocycles. The van der Waals surface area contributed by atoms with Crippen molar-refractivity contribution >= 4 is 23.8 Å². The van der Waals surface area contributed by atoms with Gasteiger partial charge >= 0.3 is 0 Å². The lowest BCUT2D eigenvalue weighted by Crippen LogP contribution is -2.28. The van der Waals surface area contributed by atoms with Crippen LogP contribution in [0.2, 0.25) is 0 Å². The third kappa shape index (κ3) is 3.39. The molecule has 10 heteroatoms. The lowest BCUT2D eigenvalue weighted by Gasteiger charge is -2.22. The molecule has 1 aromatic carbocycles. The van der Waals surface area contributed by atoms with Crippen molar-refractivity contribution in [2.45, 2.75) is 19.4 Å². The van der Waals surface area contributed by atoms with Gasteiger partial charge in [-0.05, 0) is 24.4 Å². The number of amides is 1. The summed E-state index contributed by atoms with van der Waals surface area (Å²) < 4.78 is 13.5. The maximum absolute atomic E-state index is 12.8. The monoisotopic (exact) mass is 418 g/mol. The van der Waals surface area contributed by atoms with Crippen molar-refractivity contribution in [2.24, 2.45) is 19.2 Å². The molecule has 0 saturated carbocycles. The predicted molar refractivity (Wildman–Crippen MR) is 109 cm³/mol. The summed E-state index contributed by atoms with van der Waals surface area (Å²) in [6, 6.07) is 4.77. The highest BCUT2D eigenvalue weighted by Gasteiger charge is 2.36. The first-order valence-electron chi connectivity index (χ1n) is 8.79. The van der Waals surface area contributed by atoms with E-state index in [1.165, 1.54) is 35.2 Å². The van der Waals surface area contributed by atoms with Crippen molar-refractivity contribution in [2.75, 3.05) is 14.2 Å². The average Bonchev–Trinajstić information content (AvgIpc) is 3.15. The third-order valence-corrected chi connectivity index (χ3v) is 5.50. The topological polar surface area (TPSA) is 98.3 Å². The highest BCUT2D eigenvalue weighted by Crippen LogP contribution is 2.39.